The number of esters is 1. The average molecular weight is 290 g/mol. The summed E-state index contributed by atoms with van der Waals surface area (Å²) >= 11 is 0. The summed E-state index contributed by atoms with van der Waals surface area (Å²) < 4.78 is 4.55. The molecule has 1 N–H and O–H groups in total. The summed E-state index contributed by atoms with van der Waals surface area (Å²) in [4.78, 5) is 36.7. The van der Waals surface area contributed by atoms with Crippen molar-refractivity contribution in [1.29, 1.82) is 0 Å². The Kier molecular flexibility index (Phi) is 4.92. The molecule has 1 aromatic carbocycles. The van der Waals surface area contributed by atoms with Crippen molar-refractivity contribution >= 4 is 17.8 Å². The fourth-order valence-electron chi connectivity index (χ4n) is 2.27. The molecule has 6 nitrogen and oxygen atoms in total. The van der Waals surface area contributed by atoms with E-state index in [1.54, 1.807) is 0 Å². The highest BCUT2D eigenvalue weighted by Gasteiger charge is 2.32. The molecule has 1 aliphatic rings. The SMILES string of the molecule is COC(=O)CC[C@@H]1NC(=O)CN(Cc2ccccc2)C1=O. The minimum Gasteiger partial charge on any atom is -0.469 e. The summed E-state index contributed by atoms with van der Waals surface area (Å²) in [7, 11) is 1.30. The molecular formula is C15H18N2O4. The highest BCUT2D eigenvalue weighted by molar-refractivity contribution is 5.95. The smallest absolute Gasteiger partial charge is 0.305 e. The third-order valence-electron chi connectivity index (χ3n) is 3.36. The van der Waals surface area contributed by atoms with Crippen LogP contribution in [-0.2, 0) is 25.7 Å². The van der Waals surface area contributed by atoms with Crippen LogP contribution in [0.15, 0.2) is 30.3 Å². The Bertz CT molecular complexity index is 530. The van der Waals surface area contributed by atoms with Crippen LogP contribution in [0.2, 0.25) is 0 Å². The number of hydrogen-bond donors (Lipinski definition) is 1. The van der Waals surface area contributed by atoms with Crippen LogP contribution in [0.1, 0.15) is 18.4 Å². The molecule has 1 aromatic rings. The van der Waals surface area contributed by atoms with Gasteiger partial charge in [0, 0.05) is 13.0 Å². The quantitative estimate of drug-likeness (QED) is 0.800. The van der Waals surface area contributed by atoms with E-state index in [1.165, 1.54) is 12.0 Å². The number of amides is 2. The van der Waals surface area contributed by atoms with Crippen molar-refractivity contribution in [3.8, 4) is 0 Å². The second kappa shape index (κ2) is 6.88. The number of benzene rings is 1. The van der Waals surface area contributed by atoms with Gasteiger partial charge in [0.25, 0.3) is 0 Å². The Hall–Kier alpha value is -2.37. The molecule has 0 spiro atoms. The van der Waals surface area contributed by atoms with Crippen LogP contribution in [0.5, 0.6) is 0 Å². The van der Waals surface area contributed by atoms with Gasteiger partial charge in [-0.2, -0.15) is 0 Å². The zero-order valence-electron chi connectivity index (χ0n) is 11.9. The zero-order chi connectivity index (χ0) is 15.2. The fraction of sp³-hybridized carbons (Fsp3) is 0.400. The summed E-state index contributed by atoms with van der Waals surface area (Å²) in [6.45, 7) is 0.435. The third-order valence-corrected chi connectivity index (χ3v) is 3.36. The normalized spacial score (nSPS) is 18.3. The van der Waals surface area contributed by atoms with E-state index in [0.29, 0.717) is 6.54 Å². The first kappa shape index (κ1) is 15.0. The maximum absolute atomic E-state index is 12.3. The summed E-state index contributed by atoms with van der Waals surface area (Å²) in [6.07, 6.45) is 0.356. The van der Waals surface area contributed by atoms with Crippen molar-refractivity contribution in [2.75, 3.05) is 13.7 Å². The average Bonchev–Trinajstić information content (AvgIpc) is 2.49. The number of nitrogens with zero attached hydrogens (tertiary/aromatic N) is 1. The lowest BCUT2D eigenvalue weighted by Crippen LogP contribution is -2.57. The van der Waals surface area contributed by atoms with Gasteiger partial charge in [-0.15, -0.1) is 0 Å². The lowest BCUT2D eigenvalue weighted by atomic mass is 10.1. The van der Waals surface area contributed by atoms with Crippen molar-refractivity contribution < 1.29 is 19.1 Å². The monoisotopic (exact) mass is 290 g/mol. The first-order valence-corrected chi connectivity index (χ1v) is 6.79. The molecule has 1 heterocycles. The van der Waals surface area contributed by atoms with Gasteiger partial charge in [-0.05, 0) is 12.0 Å². The predicted octanol–water partition coefficient (Wildman–Crippen LogP) is 0.467. The van der Waals surface area contributed by atoms with E-state index in [2.05, 4.69) is 10.1 Å². The molecule has 0 unspecified atom stereocenters. The molecule has 0 aromatic heterocycles. The minimum atomic E-state index is -0.658. The molecule has 0 saturated carbocycles. The van der Waals surface area contributed by atoms with Gasteiger partial charge >= 0.3 is 5.97 Å². The minimum absolute atomic E-state index is 0.0441. The number of piperazine rings is 1. The second-order valence-corrected chi connectivity index (χ2v) is 4.91. The topological polar surface area (TPSA) is 75.7 Å². The van der Waals surface area contributed by atoms with Crippen LogP contribution in [-0.4, -0.2) is 42.4 Å². The van der Waals surface area contributed by atoms with E-state index in [4.69, 9.17) is 0 Å². The van der Waals surface area contributed by atoms with Crippen LogP contribution < -0.4 is 5.32 Å². The van der Waals surface area contributed by atoms with Gasteiger partial charge in [0.1, 0.15) is 6.04 Å². The number of methoxy groups -OCH3 is 1. The Morgan fingerprint density at radius 2 is 2.05 bits per heavy atom. The first-order valence-electron chi connectivity index (χ1n) is 6.79. The van der Waals surface area contributed by atoms with Gasteiger partial charge in [-0.1, -0.05) is 30.3 Å². The highest BCUT2D eigenvalue weighted by atomic mass is 16.5. The van der Waals surface area contributed by atoms with Gasteiger partial charge < -0.3 is 15.0 Å². The predicted molar refractivity (Wildman–Crippen MR) is 75.0 cm³/mol. The summed E-state index contributed by atoms with van der Waals surface area (Å²) in [5.41, 5.74) is 0.965. The fourth-order valence-corrected chi connectivity index (χ4v) is 2.27. The zero-order valence-corrected chi connectivity index (χ0v) is 11.9. The lowest BCUT2D eigenvalue weighted by molar-refractivity contribution is -0.146. The molecule has 1 atom stereocenters. The number of hydrogen-bond acceptors (Lipinski definition) is 4. The maximum Gasteiger partial charge on any atom is 0.305 e. The van der Waals surface area contributed by atoms with Crippen LogP contribution in [0, 0.1) is 0 Å². The molecule has 2 rings (SSSR count). The molecule has 112 valence electrons. The summed E-state index contributed by atoms with van der Waals surface area (Å²) in [6, 6.07) is 8.82. The molecule has 0 aliphatic carbocycles. The number of carbonyl (C=O) groups is 3. The maximum atomic E-state index is 12.3. The number of ether oxygens (including phenoxy) is 1. The highest BCUT2D eigenvalue weighted by Crippen LogP contribution is 2.12. The lowest BCUT2D eigenvalue weighted by Gasteiger charge is -2.32. The van der Waals surface area contributed by atoms with Crippen LogP contribution in [0.3, 0.4) is 0 Å². The Labute approximate surface area is 123 Å². The van der Waals surface area contributed by atoms with E-state index in [1.807, 2.05) is 30.3 Å². The van der Waals surface area contributed by atoms with E-state index in [-0.39, 0.29) is 31.2 Å². The Morgan fingerprint density at radius 3 is 2.71 bits per heavy atom. The number of rotatable bonds is 5. The van der Waals surface area contributed by atoms with E-state index < -0.39 is 12.0 Å². The van der Waals surface area contributed by atoms with Crippen molar-refractivity contribution in [2.24, 2.45) is 0 Å². The van der Waals surface area contributed by atoms with Gasteiger partial charge in [-0.3, -0.25) is 14.4 Å². The van der Waals surface area contributed by atoms with Gasteiger partial charge in [0.15, 0.2) is 0 Å². The second-order valence-electron chi connectivity index (χ2n) is 4.91. The molecule has 1 fully saturated rings. The van der Waals surface area contributed by atoms with E-state index in [9.17, 15) is 14.4 Å². The van der Waals surface area contributed by atoms with Crippen molar-refractivity contribution in [1.82, 2.24) is 10.2 Å². The molecule has 1 saturated heterocycles. The molecule has 2 amide bonds. The molecule has 0 radical (unpaired) electrons. The largest absolute Gasteiger partial charge is 0.469 e. The van der Waals surface area contributed by atoms with Gasteiger partial charge in [0.05, 0.1) is 13.7 Å². The van der Waals surface area contributed by atoms with Crippen LogP contribution >= 0.6 is 0 Å². The van der Waals surface area contributed by atoms with Crippen LogP contribution in [0.25, 0.3) is 0 Å². The number of nitrogens with one attached hydrogen (secondary N) is 1. The first-order chi connectivity index (χ1) is 10.1. The standard InChI is InChI=1S/C15H18N2O4/c1-21-14(19)8-7-12-15(20)17(10-13(18)16-12)9-11-5-3-2-4-6-11/h2-6,12H,7-10H2,1H3,(H,16,18)/t12-/m0/s1. The molecule has 1 aliphatic heterocycles. The van der Waals surface area contributed by atoms with Gasteiger partial charge in [-0.25, -0.2) is 0 Å². The van der Waals surface area contributed by atoms with E-state index >= 15 is 0 Å². The third kappa shape index (κ3) is 4.05. The molecule has 6 heteroatoms. The Morgan fingerprint density at radius 1 is 1.33 bits per heavy atom. The Balaban J connectivity index is 2.00. The van der Waals surface area contributed by atoms with Crippen molar-refractivity contribution in [3.05, 3.63) is 35.9 Å². The van der Waals surface area contributed by atoms with E-state index in [0.717, 1.165) is 5.56 Å². The summed E-state index contributed by atoms with van der Waals surface area (Å²) in [5.74, 6) is -0.764. The van der Waals surface area contributed by atoms with Crippen LogP contribution in [0.4, 0.5) is 0 Å². The summed E-state index contributed by atoms with van der Waals surface area (Å²) in [5, 5.41) is 2.62. The van der Waals surface area contributed by atoms with Crippen molar-refractivity contribution in [3.63, 3.8) is 0 Å². The molecule has 21 heavy (non-hydrogen) atoms. The molecule has 0 bridgehead atoms. The van der Waals surface area contributed by atoms with Gasteiger partial charge in [0.2, 0.25) is 11.8 Å². The van der Waals surface area contributed by atoms with Crippen molar-refractivity contribution in [2.45, 2.75) is 25.4 Å². The number of carbonyl (C=O) groups excluding carboxylic acids is 3. The molecular weight excluding hydrogens is 272 g/mol.